The van der Waals surface area contributed by atoms with Crippen LogP contribution in [0.25, 0.3) is 11.0 Å². The van der Waals surface area contributed by atoms with E-state index in [1.54, 1.807) is 18.0 Å². The standard InChI is InChI=1S/C14H21BrN6O2S/c1-23-8-6-17-12-10-9-18-21(7-5-16-11(22)3-4-15)13(10)20-14(19-12)24-2/h9H,3-8H2,1-2H3,(H,16,22)(H,17,19,20). The molecule has 0 aromatic carbocycles. The average molecular weight is 417 g/mol. The van der Waals surface area contributed by atoms with Crippen molar-refractivity contribution >= 4 is 50.5 Å². The molecule has 2 N–H and O–H groups in total. The molecule has 0 spiro atoms. The summed E-state index contributed by atoms with van der Waals surface area (Å²) < 4.78 is 6.84. The number of thioether (sulfide) groups is 1. The smallest absolute Gasteiger partial charge is 0.220 e. The Morgan fingerprint density at radius 2 is 2.25 bits per heavy atom. The van der Waals surface area contributed by atoms with Gasteiger partial charge in [0, 0.05) is 32.0 Å². The third-order valence-electron chi connectivity index (χ3n) is 3.22. The molecule has 2 heterocycles. The second-order valence-electron chi connectivity index (χ2n) is 4.87. The maximum absolute atomic E-state index is 11.5. The van der Waals surface area contributed by atoms with Crippen LogP contribution in [0.1, 0.15) is 6.42 Å². The Morgan fingerprint density at radius 1 is 1.42 bits per heavy atom. The van der Waals surface area contributed by atoms with E-state index in [0.717, 1.165) is 16.9 Å². The van der Waals surface area contributed by atoms with Crippen molar-refractivity contribution in [1.29, 1.82) is 0 Å². The maximum Gasteiger partial charge on any atom is 0.220 e. The number of amides is 1. The Bertz CT molecular complexity index is 681. The van der Waals surface area contributed by atoms with Gasteiger partial charge in [-0.2, -0.15) is 5.10 Å². The van der Waals surface area contributed by atoms with E-state index in [0.29, 0.717) is 43.1 Å². The topological polar surface area (TPSA) is 94.0 Å². The van der Waals surface area contributed by atoms with Crippen LogP contribution in [-0.4, -0.2) is 64.0 Å². The molecule has 2 aromatic heterocycles. The normalized spacial score (nSPS) is 11.0. The van der Waals surface area contributed by atoms with Crippen LogP contribution >= 0.6 is 27.7 Å². The number of anilines is 1. The Labute approximate surface area is 153 Å². The predicted molar refractivity (Wildman–Crippen MR) is 98.9 cm³/mol. The van der Waals surface area contributed by atoms with Gasteiger partial charge in [0.15, 0.2) is 10.8 Å². The van der Waals surface area contributed by atoms with E-state index in [9.17, 15) is 4.79 Å². The lowest BCUT2D eigenvalue weighted by molar-refractivity contribution is -0.120. The molecular weight excluding hydrogens is 396 g/mol. The largest absolute Gasteiger partial charge is 0.383 e. The molecule has 24 heavy (non-hydrogen) atoms. The third-order valence-corrected chi connectivity index (χ3v) is 4.17. The van der Waals surface area contributed by atoms with Crippen LogP contribution in [0.5, 0.6) is 0 Å². The Hall–Kier alpha value is -1.39. The lowest BCUT2D eigenvalue weighted by Crippen LogP contribution is -2.27. The molecule has 0 aliphatic rings. The van der Waals surface area contributed by atoms with E-state index in [1.807, 2.05) is 6.26 Å². The van der Waals surface area contributed by atoms with Gasteiger partial charge in [0.05, 0.1) is 24.7 Å². The fraction of sp³-hybridized carbons (Fsp3) is 0.571. The highest BCUT2D eigenvalue weighted by Crippen LogP contribution is 2.23. The second-order valence-corrected chi connectivity index (χ2v) is 6.44. The van der Waals surface area contributed by atoms with E-state index in [2.05, 4.69) is 41.6 Å². The van der Waals surface area contributed by atoms with Crippen molar-refractivity contribution in [2.45, 2.75) is 18.1 Å². The van der Waals surface area contributed by atoms with Gasteiger partial charge < -0.3 is 15.4 Å². The van der Waals surface area contributed by atoms with Crippen LogP contribution in [0, 0.1) is 0 Å². The molecule has 0 saturated carbocycles. The van der Waals surface area contributed by atoms with Gasteiger partial charge in [0.1, 0.15) is 5.82 Å². The molecular formula is C14H21BrN6O2S. The predicted octanol–water partition coefficient (Wildman–Crippen LogP) is 1.51. The van der Waals surface area contributed by atoms with E-state index in [4.69, 9.17) is 4.74 Å². The van der Waals surface area contributed by atoms with Gasteiger partial charge >= 0.3 is 0 Å². The summed E-state index contributed by atoms with van der Waals surface area (Å²) in [5.41, 5.74) is 0.754. The van der Waals surface area contributed by atoms with Crippen LogP contribution in [-0.2, 0) is 16.1 Å². The maximum atomic E-state index is 11.5. The van der Waals surface area contributed by atoms with Gasteiger partial charge in [-0.3, -0.25) is 4.79 Å². The summed E-state index contributed by atoms with van der Waals surface area (Å²) in [4.78, 5) is 20.5. The van der Waals surface area contributed by atoms with Crippen LogP contribution < -0.4 is 10.6 Å². The summed E-state index contributed by atoms with van der Waals surface area (Å²) in [7, 11) is 1.66. The van der Waals surface area contributed by atoms with Gasteiger partial charge in [-0.1, -0.05) is 27.7 Å². The summed E-state index contributed by atoms with van der Waals surface area (Å²) >= 11 is 4.72. The number of hydrogen-bond acceptors (Lipinski definition) is 7. The number of aromatic nitrogens is 4. The molecule has 0 radical (unpaired) electrons. The van der Waals surface area contributed by atoms with Gasteiger partial charge in [-0.05, 0) is 6.26 Å². The molecule has 2 aromatic rings. The molecule has 132 valence electrons. The van der Waals surface area contributed by atoms with E-state index >= 15 is 0 Å². The minimum absolute atomic E-state index is 0.0182. The number of carbonyl (C=O) groups excluding carboxylic acids is 1. The number of methoxy groups -OCH3 is 1. The molecule has 0 unspecified atom stereocenters. The zero-order chi connectivity index (χ0) is 17.4. The van der Waals surface area contributed by atoms with Crippen LogP contribution in [0.15, 0.2) is 11.4 Å². The Morgan fingerprint density at radius 3 is 2.96 bits per heavy atom. The number of ether oxygens (including phenoxy) is 1. The van der Waals surface area contributed by atoms with Gasteiger partial charge in [-0.15, -0.1) is 0 Å². The second kappa shape index (κ2) is 9.80. The number of fused-ring (bicyclic) bond motifs is 1. The monoisotopic (exact) mass is 416 g/mol. The average Bonchev–Trinajstić information content (AvgIpc) is 2.98. The third kappa shape index (κ3) is 5.05. The van der Waals surface area contributed by atoms with Crippen molar-refractivity contribution in [3.05, 3.63) is 6.20 Å². The van der Waals surface area contributed by atoms with Crippen molar-refractivity contribution in [1.82, 2.24) is 25.1 Å². The summed E-state index contributed by atoms with van der Waals surface area (Å²) in [6, 6.07) is 0. The number of rotatable bonds is 10. The fourth-order valence-electron chi connectivity index (χ4n) is 2.07. The molecule has 10 heteroatoms. The SMILES string of the molecule is COCCNc1nc(SC)nc2c1cnn2CCNC(=O)CCBr. The van der Waals surface area contributed by atoms with Crippen LogP contribution in [0.2, 0.25) is 0 Å². The van der Waals surface area contributed by atoms with Crippen LogP contribution in [0.3, 0.4) is 0 Å². The highest BCUT2D eigenvalue weighted by Gasteiger charge is 2.12. The molecule has 1 amide bonds. The summed E-state index contributed by atoms with van der Waals surface area (Å²) in [5.74, 6) is 0.765. The Kier molecular flexibility index (Phi) is 7.73. The van der Waals surface area contributed by atoms with Crippen molar-refractivity contribution in [3.63, 3.8) is 0 Å². The molecule has 0 fully saturated rings. The quantitative estimate of drug-likeness (QED) is 0.262. The van der Waals surface area contributed by atoms with Gasteiger partial charge in [0.25, 0.3) is 0 Å². The zero-order valence-corrected chi connectivity index (χ0v) is 16.1. The molecule has 0 saturated heterocycles. The molecule has 8 nitrogen and oxygen atoms in total. The van der Waals surface area contributed by atoms with Crippen molar-refractivity contribution in [2.24, 2.45) is 0 Å². The summed E-state index contributed by atoms with van der Waals surface area (Å²) in [6.45, 7) is 2.31. The molecule has 0 atom stereocenters. The first-order valence-electron chi connectivity index (χ1n) is 7.52. The molecule has 0 aliphatic carbocycles. The number of nitrogens with one attached hydrogen (secondary N) is 2. The Balaban J connectivity index is 2.13. The highest BCUT2D eigenvalue weighted by atomic mass is 79.9. The van der Waals surface area contributed by atoms with Crippen molar-refractivity contribution < 1.29 is 9.53 Å². The fourth-order valence-corrected chi connectivity index (χ4v) is 2.79. The lowest BCUT2D eigenvalue weighted by atomic mass is 10.4. The lowest BCUT2D eigenvalue weighted by Gasteiger charge is -2.09. The summed E-state index contributed by atoms with van der Waals surface area (Å²) in [5, 5.41) is 12.7. The molecule has 0 bridgehead atoms. The molecule has 0 aliphatic heterocycles. The number of carbonyl (C=O) groups is 1. The van der Waals surface area contributed by atoms with Gasteiger partial charge in [0.2, 0.25) is 5.91 Å². The van der Waals surface area contributed by atoms with E-state index in [-0.39, 0.29) is 5.91 Å². The minimum atomic E-state index is 0.0182. The minimum Gasteiger partial charge on any atom is -0.383 e. The first-order valence-corrected chi connectivity index (χ1v) is 9.87. The first kappa shape index (κ1) is 18.9. The number of hydrogen-bond donors (Lipinski definition) is 2. The van der Waals surface area contributed by atoms with E-state index < -0.39 is 0 Å². The van der Waals surface area contributed by atoms with Crippen molar-refractivity contribution in [2.75, 3.05) is 43.7 Å². The zero-order valence-electron chi connectivity index (χ0n) is 13.7. The number of halogens is 1. The highest BCUT2D eigenvalue weighted by molar-refractivity contribution is 9.09. The number of alkyl halides is 1. The summed E-state index contributed by atoms with van der Waals surface area (Å²) in [6.07, 6.45) is 4.14. The molecule has 2 rings (SSSR count). The van der Waals surface area contributed by atoms with Crippen LogP contribution in [0.4, 0.5) is 5.82 Å². The van der Waals surface area contributed by atoms with E-state index in [1.165, 1.54) is 11.8 Å². The first-order chi connectivity index (χ1) is 11.7. The van der Waals surface area contributed by atoms with Crippen molar-refractivity contribution in [3.8, 4) is 0 Å². The van der Waals surface area contributed by atoms with Gasteiger partial charge in [-0.25, -0.2) is 14.6 Å². The number of nitrogens with zero attached hydrogens (tertiary/aromatic N) is 4.